The molecule has 1 N–H and O–H groups in total. The van der Waals surface area contributed by atoms with Gasteiger partial charge in [0.1, 0.15) is 5.69 Å². The number of nitrogens with zero attached hydrogens (tertiary/aromatic N) is 2. The molecule has 0 bridgehead atoms. The average Bonchev–Trinajstić information content (AvgIpc) is 2.72. The molecule has 1 amide bonds. The molecular formula is C20H23N3O6S. The molecule has 2 aromatic carbocycles. The number of carbonyl (C=O) groups is 2. The van der Waals surface area contributed by atoms with Crippen molar-refractivity contribution in [2.45, 2.75) is 6.92 Å². The summed E-state index contributed by atoms with van der Waals surface area (Å²) in [6.07, 6.45) is 0. The number of anilines is 1. The fraction of sp³-hybridized carbons (Fsp3) is 0.300. The van der Waals surface area contributed by atoms with Crippen LogP contribution in [0.25, 0.3) is 0 Å². The second-order valence-corrected chi connectivity index (χ2v) is 9.19. The SMILES string of the molecule is CCS(=O)(=O)CCNC(=O)c1ccccc1C(=O)c1ccc(N(C)C)c([N+](=O)[O-])c1. The maximum atomic E-state index is 13.0. The molecule has 2 aromatic rings. The van der Waals surface area contributed by atoms with E-state index in [-0.39, 0.29) is 40.4 Å². The first kappa shape index (κ1) is 23.0. The van der Waals surface area contributed by atoms with E-state index in [1.165, 1.54) is 37.3 Å². The molecule has 30 heavy (non-hydrogen) atoms. The maximum absolute atomic E-state index is 13.0. The minimum absolute atomic E-state index is 0.0281. The van der Waals surface area contributed by atoms with E-state index in [4.69, 9.17) is 0 Å². The van der Waals surface area contributed by atoms with E-state index in [2.05, 4.69) is 5.32 Å². The molecule has 0 unspecified atom stereocenters. The van der Waals surface area contributed by atoms with Gasteiger partial charge in [0.05, 0.1) is 16.2 Å². The highest BCUT2D eigenvalue weighted by Crippen LogP contribution is 2.29. The van der Waals surface area contributed by atoms with Crippen LogP contribution < -0.4 is 10.2 Å². The Balaban J connectivity index is 2.33. The van der Waals surface area contributed by atoms with Crippen LogP contribution in [0, 0.1) is 10.1 Å². The Hall–Kier alpha value is -3.27. The molecule has 10 heteroatoms. The van der Waals surface area contributed by atoms with Gasteiger partial charge in [-0.3, -0.25) is 19.7 Å². The van der Waals surface area contributed by atoms with Crippen molar-refractivity contribution < 1.29 is 22.9 Å². The van der Waals surface area contributed by atoms with E-state index in [0.717, 1.165) is 0 Å². The molecule has 0 fully saturated rings. The van der Waals surface area contributed by atoms with Crippen molar-refractivity contribution in [2.75, 3.05) is 37.0 Å². The largest absolute Gasteiger partial charge is 0.372 e. The molecule has 160 valence electrons. The number of rotatable bonds is 9. The number of nitro benzene ring substituents is 1. The van der Waals surface area contributed by atoms with E-state index in [1.54, 1.807) is 31.1 Å². The van der Waals surface area contributed by atoms with Gasteiger partial charge < -0.3 is 10.2 Å². The Bertz CT molecular complexity index is 1080. The van der Waals surface area contributed by atoms with Gasteiger partial charge in [0.15, 0.2) is 15.6 Å². The van der Waals surface area contributed by atoms with Crippen LogP contribution in [-0.4, -0.2) is 57.2 Å². The summed E-state index contributed by atoms with van der Waals surface area (Å²) in [5.74, 6) is -1.37. The van der Waals surface area contributed by atoms with Crippen LogP contribution in [0.2, 0.25) is 0 Å². The molecule has 9 nitrogen and oxygen atoms in total. The molecule has 0 radical (unpaired) electrons. The van der Waals surface area contributed by atoms with Gasteiger partial charge in [-0.2, -0.15) is 0 Å². The van der Waals surface area contributed by atoms with Crippen LogP contribution in [0.15, 0.2) is 42.5 Å². The Morgan fingerprint density at radius 1 is 1.10 bits per heavy atom. The number of ketones is 1. The first-order valence-corrected chi connectivity index (χ1v) is 11.0. The number of nitrogens with one attached hydrogen (secondary N) is 1. The Morgan fingerprint density at radius 3 is 2.30 bits per heavy atom. The quantitative estimate of drug-likeness (QED) is 0.364. The number of benzene rings is 2. The van der Waals surface area contributed by atoms with Crippen molar-refractivity contribution in [1.29, 1.82) is 0 Å². The third kappa shape index (κ3) is 5.41. The highest BCUT2D eigenvalue weighted by atomic mass is 32.2. The van der Waals surface area contributed by atoms with Gasteiger partial charge in [0.2, 0.25) is 0 Å². The highest BCUT2D eigenvalue weighted by molar-refractivity contribution is 7.91. The number of sulfone groups is 1. The number of carbonyl (C=O) groups excluding carboxylic acids is 2. The lowest BCUT2D eigenvalue weighted by molar-refractivity contribution is -0.384. The van der Waals surface area contributed by atoms with Crippen molar-refractivity contribution in [3.05, 3.63) is 69.3 Å². The maximum Gasteiger partial charge on any atom is 0.293 e. The summed E-state index contributed by atoms with van der Waals surface area (Å²) in [5, 5.41) is 13.9. The van der Waals surface area contributed by atoms with E-state index in [0.29, 0.717) is 5.69 Å². The van der Waals surface area contributed by atoms with Crippen molar-refractivity contribution >= 4 is 32.9 Å². The molecule has 0 spiro atoms. The lowest BCUT2D eigenvalue weighted by Crippen LogP contribution is -2.30. The van der Waals surface area contributed by atoms with Gasteiger partial charge in [0.25, 0.3) is 11.6 Å². The van der Waals surface area contributed by atoms with Crippen molar-refractivity contribution in [3.8, 4) is 0 Å². The zero-order valence-corrected chi connectivity index (χ0v) is 17.7. The number of nitro groups is 1. The summed E-state index contributed by atoms with van der Waals surface area (Å²) in [6, 6.07) is 10.2. The topological polar surface area (TPSA) is 127 Å². The minimum atomic E-state index is -3.24. The predicted molar refractivity (Wildman–Crippen MR) is 114 cm³/mol. The van der Waals surface area contributed by atoms with Crippen molar-refractivity contribution in [2.24, 2.45) is 0 Å². The van der Waals surface area contributed by atoms with Gasteiger partial charge in [-0.15, -0.1) is 0 Å². The third-order valence-electron chi connectivity index (χ3n) is 4.47. The summed E-state index contributed by atoms with van der Waals surface area (Å²) in [6.45, 7) is 1.44. The summed E-state index contributed by atoms with van der Waals surface area (Å²) in [7, 11) is 0.0696. The molecule has 0 aliphatic heterocycles. The summed E-state index contributed by atoms with van der Waals surface area (Å²) in [5.41, 5.74) is 0.328. The normalized spacial score (nSPS) is 11.0. The van der Waals surface area contributed by atoms with Gasteiger partial charge in [-0.05, 0) is 18.2 Å². The number of amides is 1. The van der Waals surface area contributed by atoms with E-state index in [9.17, 15) is 28.1 Å². The van der Waals surface area contributed by atoms with Crippen LogP contribution in [0.5, 0.6) is 0 Å². The summed E-state index contributed by atoms with van der Waals surface area (Å²) < 4.78 is 23.2. The van der Waals surface area contributed by atoms with Crippen LogP contribution >= 0.6 is 0 Å². The van der Waals surface area contributed by atoms with Crippen molar-refractivity contribution in [1.82, 2.24) is 5.32 Å². The number of hydrogen-bond donors (Lipinski definition) is 1. The first-order chi connectivity index (χ1) is 14.1. The minimum Gasteiger partial charge on any atom is -0.372 e. The van der Waals surface area contributed by atoms with Crippen LogP contribution in [0.4, 0.5) is 11.4 Å². The molecule has 0 saturated heterocycles. The van der Waals surface area contributed by atoms with E-state index in [1.807, 2.05) is 0 Å². The lowest BCUT2D eigenvalue weighted by Gasteiger charge is -2.14. The van der Waals surface area contributed by atoms with Gasteiger partial charge >= 0.3 is 0 Å². The average molecular weight is 433 g/mol. The van der Waals surface area contributed by atoms with Crippen LogP contribution in [-0.2, 0) is 9.84 Å². The Labute approximate surface area is 174 Å². The molecule has 0 aliphatic rings. The second kappa shape index (κ2) is 9.49. The predicted octanol–water partition coefficient (Wildman–Crippen LogP) is 2.06. The standard InChI is InChI=1S/C20H23N3O6S/c1-4-30(28,29)12-11-21-20(25)16-8-6-5-7-15(16)19(24)14-9-10-17(22(2)3)18(13-14)23(26)27/h5-10,13H,4,11-12H2,1-3H3,(H,21,25). The zero-order chi connectivity index (χ0) is 22.5. The first-order valence-electron chi connectivity index (χ1n) is 9.15. The van der Waals surface area contributed by atoms with Crippen molar-refractivity contribution in [3.63, 3.8) is 0 Å². The Morgan fingerprint density at radius 2 is 1.73 bits per heavy atom. The Kier molecular flexibility index (Phi) is 7.28. The highest BCUT2D eigenvalue weighted by Gasteiger charge is 2.22. The second-order valence-electron chi connectivity index (χ2n) is 6.72. The molecule has 0 saturated carbocycles. The van der Waals surface area contributed by atoms with E-state index >= 15 is 0 Å². The molecule has 0 aliphatic carbocycles. The van der Waals surface area contributed by atoms with Gasteiger partial charge in [-0.1, -0.05) is 25.1 Å². The smallest absolute Gasteiger partial charge is 0.293 e. The van der Waals surface area contributed by atoms with Crippen LogP contribution in [0.1, 0.15) is 33.2 Å². The fourth-order valence-electron chi connectivity index (χ4n) is 2.78. The lowest BCUT2D eigenvalue weighted by atomic mass is 9.97. The fourth-order valence-corrected chi connectivity index (χ4v) is 3.49. The monoisotopic (exact) mass is 433 g/mol. The molecule has 0 heterocycles. The number of hydrogen-bond acceptors (Lipinski definition) is 7. The molecule has 2 rings (SSSR count). The summed E-state index contributed by atoms with van der Waals surface area (Å²) in [4.78, 5) is 37.9. The zero-order valence-electron chi connectivity index (χ0n) is 16.9. The van der Waals surface area contributed by atoms with Gasteiger partial charge in [0, 0.05) is 43.6 Å². The van der Waals surface area contributed by atoms with E-state index < -0.39 is 26.5 Å². The molecule has 0 aromatic heterocycles. The summed E-state index contributed by atoms with van der Waals surface area (Å²) >= 11 is 0. The third-order valence-corrected chi connectivity index (χ3v) is 6.18. The molecule has 0 atom stereocenters. The van der Waals surface area contributed by atoms with Crippen LogP contribution in [0.3, 0.4) is 0 Å². The van der Waals surface area contributed by atoms with Gasteiger partial charge in [-0.25, -0.2) is 8.42 Å². The molecular weight excluding hydrogens is 410 g/mol.